The Morgan fingerprint density at radius 1 is 1.37 bits per heavy atom. The molecule has 0 aromatic heterocycles. The Balaban J connectivity index is 2.10. The highest BCUT2D eigenvalue weighted by molar-refractivity contribution is 7.80. The molecule has 19 heavy (non-hydrogen) atoms. The highest BCUT2D eigenvalue weighted by Crippen LogP contribution is 2.37. The lowest BCUT2D eigenvalue weighted by molar-refractivity contribution is 0.0986. The minimum atomic E-state index is 0.252. The van der Waals surface area contributed by atoms with Crippen LogP contribution in [0.1, 0.15) is 45.1 Å². The fourth-order valence-corrected chi connectivity index (χ4v) is 2.80. The fraction of sp³-hybridized carbons (Fsp3) is 0.533. The summed E-state index contributed by atoms with van der Waals surface area (Å²) in [6.45, 7) is 4.62. The molecule has 0 unspecified atom stereocenters. The van der Waals surface area contributed by atoms with Crippen molar-refractivity contribution in [2.75, 3.05) is 0 Å². The number of rotatable bonds is 3. The van der Waals surface area contributed by atoms with E-state index in [1.807, 2.05) is 12.1 Å². The van der Waals surface area contributed by atoms with Crippen LogP contribution in [0.25, 0.3) is 0 Å². The predicted molar refractivity (Wildman–Crippen MR) is 84.0 cm³/mol. The van der Waals surface area contributed by atoms with Crippen LogP contribution in [0.2, 0.25) is 5.02 Å². The van der Waals surface area contributed by atoms with Gasteiger partial charge >= 0.3 is 0 Å². The van der Waals surface area contributed by atoms with Gasteiger partial charge in [0.15, 0.2) is 0 Å². The van der Waals surface area contributed by atoms with E-state index in [4.69, 9.17) is 34.3 Å². The van der Waals surface area contributed by atoms with Crippen molar-refractivity contribution in [2.24, 2.45) is 11.1 Å². The van der Waals surface area contributed by atoms with Crippen molar-refractivity contribution in [3.8, 4) is 5.75 Å². The lowest BCUT2D eigenvalue weighted by Gasteiger charge is -2.34. The molecule has 1 aliphatic carbocycles. The molecule has 2 nitrogen and oxygen atoms in total. The normalized spacial score (nSPS) is 19.1. The van der Waals surface area contributed by atoms with Gasteiger partial charge in [0, 0.05) is 5.02 Å². The summed E-state index contributed by atoms with van der Waals surface area (Å²) in [4.78, 5) is 0.327. The molecule has 0 amide bonds. The fourth-order valence-electron chi connectivity index (χ4n) is 2.47. The average molecular weight is 298 g/mol. The molecule has 0 heterocycles. The van der Waals surface area contributed by atoms with E-state index in [-0.39, 0.29) is 6.10 Å². The molecule has 1 aliphatic rings. The zero-order valence-corrected chi connectivity index (χ0v) is 13.0. The van der Waals surface area contributed by atoms with Gasteiger partial charge < -0.3 is 10.5 Å². The molecule has 4 heteroatoms. The third-order valence-corrected chi connectivity index (χ3v) is 4.24. The number of benzene rings is 1. The van der Waals surface area contributed by atoms with Crippen molar-refractivity contribution in [1.82, 2.24) is 0 Å². The monoisotopic (exact) mass is 297 g/mol. The number of thiocarbonyl (C=S) groups is 1. The van der Waals surface area contributed by atoms with Crippen molar-refractivity contribution in [3.05, 3.63) is 28.8 Å². The maximum Gasteiger partial charge on any atom is 0.129 e. The first-order valence-corrected chi connectivity index (χ1v) is 7.42. The van der Waals surface area contributed by atoms with Gasteiger partial charge in [0.25, 0.3) is 0 Å². The Labute approximate surface area is 125 Å². The number of hydrogen-bond acceptors (Lipinski definition) is 2. The molecule has 104 valence electrons. The van der Waals surface area contributed by atoms with Gasteiger partial charge in [0.05, 0.1) is 11.7 Å². The zero-order chi connectivity index (χ0) is 14.0. The van der Waals surface area contributed by atoms with E-state index in [0.29, 0.717) is 15.4 Å². The van der Waals surface area contributed by atoms with E-state index in [0.717, 1.165) is 24.2 Å². The van der Waals surface area contributed by atoms with Crippen LogP contribution in [0.5, 0.6) is 5.75 Å². The highest BCUT2D eigenvalue weighted by atomic mass is 35.5. The lowest BCUT2D eigenvalue weighted by atomic mass is 9.76. The molecule has 0 atom stereocenters. The van der Waals surface area contributed by atoms with E-state index in [2.05, 4.69) is 13.8 Å². The molecule has 0 spiro atoms. The second-order valence-electron chi connectivity index (χ2n) is 5.99. The van der Waals surface area contributed by atoms with Gasteiger partial charge in [-0.25, -0.2) is 0 Å². The number of nitrogens with two attached hydrogens (primary N) is 1. The summed E-state index contributed by atoms with van der Waals surface area (Å²) in [5.41, 5.74) is 6.89. The molecular formula is C15H20ClNOS. The molecule has 1 fully saturated rings. The maximum absolute atomic E-state index is 6.07. The number of hydrogen-bond donors (Lipinski definition) is 1. The minimum absolute atomic E-state index is 0.252. The standard InChI is InChI=1S/C15H20ClNOS/c1-15(2)7-5-11(6-8-15)18-13-4-3-10(16)9-12(13)14(17)19/h3-4,9,11H,5-8H2,1-2H3,(H2,17,19). The first-order valence-electron chi connectivity index (χ1n) is 6.63. The van der Waals surface area contributed by atoms with E-state index in [1.54, 1.807) is 6.07 Å². The average Bonchev–Trinajstić information content (AvgIpc) is 2.33. The second kappa shape index (κ2) is 5.68. The molecular weight excluding hydrogens is 278 g/mol. The third kappa shape index (κ3) is 3.83. The van der Waals surface area contributed by atoms with Gasteiger partial charge in [-0.3, -0.25) is 0 Å². The van der Waals surface area contributed by atoms with Crippen molar-refractivity contribution < 1.29 is 4.74 Å². The molecule has 2 rings (SSSR count). The minimum Gasteiger partial charge on any atom is -0.490 e. The van der Waals surface area contributed by atoms with Crippen molar-refractivity contribution in [2.45, 2.75) is 45.6 Å². The Morgan fingerprint density at radius 3 is 2.58 bits per heavy atom. The molecule has 0 radical (unpaired) electrons. The molecule has 1 aromatic carbocycles. The molecule has 0 bridgehead atoms. The Hall–Kier alpha value is -0.800. The lowest BCUT2D eigenvalue weighted by Crippen LogP contribution is -2.29. The van der Waals surface area contributed by atoms with E-state index < -0.39 is 0 Å². The van der Waals surface area contributed by atoms with Gasteiger partial charge in [-0.05, 0) is 49.3 Å². The summed E-state index contributed by atoms with van der Waals surface area (Å²) in [5, 5.41) is 0.625. The molecule has 0 saturated heterocycles. The predicted octanol–water partition coefficient (Wildman–Crippen LogP) is 4.32. The largest absolute Gasteiger partial charge is 0.490 e. The highest BCUT2D eigenvalue weighted by Gasteiger charge is 2.28. The molecule has 1 saturated carbocycles. The summed E-state index contributed by atoms with van der Waals surface area (Å²) in [5.74, 6) is 0.751. The van der Waals surface area contributed by atoms with E-state index in [9.17, 15) is 0 Å². The summed E-state index contributed by atoms with van der Waals surface area (Å²) < 4.78 is 6.07. The topological polar surface area (TPSA) is 35.2 Å². The second-order valence-corrected chi connectivity index (χ2v) is 6.86. The first kappa shape index (κ1) is 14.6. The smallest absolute Gasteiger partial charge is 0.129 e. The van der Waals surface area contributed by atoms with Crippen molar-refractivity contribution in [1.29, 1.82) is 0 Å². The Morgan fingerprint density at radius 2 is 2.00 bits per heavy atom. The zero-order valence-electron chi connectivity index (χ0n) is 11.4. The summed E-state index contributed by atoms with van der Waals surface area (Å²) in [6.07, 6.45) is 4.78. The van der Waals surface area contributed by atoms with Gasteiger partial charge in [-0.2, -0.15) is 0 Å². The van der Waals surface area contributed by atoms with Crippen LogP contribution in [0.4, 0.5) is 0 Å². The van der Waals surface area contributed by atoms with Crippen LogP contribution >= 0.6 is 23.8 Å². The van der Waals surface area contributed by atoms with Gasteiger partial charge in [0.1, 0.15) is 10.7 Å². The van der Waals surface area contributed by atoms with Gasteiger partial charge in [-0.1, -0.05) is 37.7 Å². The quantitative estimate of drug-likeness (QED) is 0.844. The maximum atomic E-state index is 6.07. The van der Waals surface area contributed by atoms with Crippen LogP contribution < -0.4 is 10.5 Å². The van der Waals surface area contributed by atoms with E-state index >= 15 is 0 Å². The van der Waals surface area contributed by atoms with Crippen molar-refractivity contribution in [3.63, 3.8) is 0 Å². The summed E-state index contributed by atoms with van der Waals surface area (Å²) in [6, 6.07) is 5.44. The summed E-state index contributed by atoms with van der Waals surface area (Å²) >= 11 is 11.0. The Bertz CT molecular complexity index is 477. The SMILES string of the molecule is CC1(C)CCC(Oc2ccc(Cl)cc2C(N)=S)CC1. The molecule has 0 aliphatic heterocycles. The van der Waals surface area contributed by atoms with Gasteiger partial charge in [0.2, 0.25) is 0 Å². The Kier molecular flexibility index (Phi) is 4.36. The van der Waals surface area contributed by atoms with Crippen LogP contribution in [0.3, 0.4) is 0 Å². The molecule has 1 aromatic rings. The third-order valence-electron chi connectivity index (χ3n) is 3.79. The van der Waals surface area contributed by atoms with Gasteiger partial charge in [-0.15, -0.1) is 0 Å². The summed E-state index contributed by atoms with van der Waals surface area (Å²) in [7, 11) is 0. The van der Waals surface area contributed by atoms with E-state index in [1.165, 1.54) is 12.8 Å². The van der Waals surface area contributed by atoms with Crippen LogP contribution in [0, 0.1) is 5.41 Å². The van der Waals surface area contributed by atoms with Crippen LogP contribution in [0.15, 0.2) is 18.2 Å². The first-order chi connectivity index (χ1) is 8.87. The number of ether oxygens (including phenoxy) is 1. The van der Waals surface area contributed by atoms with Crippen LogP contribution in [-0.4, -0.2) is 11.1 Å². The van der Waals surface area contributed by atoms with Crippen LogP contribution in [-0.2, 0) is 0 Å². The van der Waals surface area contributed by atoms with Crippen molar-refractivity contribution >= 4 is 28.8 Å². The molecule has 2 N–H and O–H groups in total. The number of halogens is 1.